The molecule has 7 heteroatoms. The molecule has 1 aromatic rings. The minimum absolute atomic E-state index is 0.0311. The lowest BCUT2D eigenvalue weighted by Gasteiger charge is -2.20. The van der Waals surface area contributed by atoms with Gasteiger partial charge in [-0.2, -0.15) is 4.31 Å². The molecule has 0 saturated carbocycles. The van der Waals surface area contributed by atoms with E-state index in [1.54, 1.807) is 19.2 Å². The van der Waals surface area contributed by atoms with Crippen molar-refractivity contribution >= 4 is 15.7 Å². The van der Waals surface area contributed by atoms with E-state index in [0.717, 1.165) is 9.99 Å². The highest BCUT2D eigenvalue weighted by molar-refractivity contribution is 7.89. The van der Waals surface area contributed by atoms with Gasteiger partial charge in [0.15, 0.2) is 0 Å². The average Bonchev–Trinajstić information content (AvgIpc) is 2.38. The Labute approximate surface area is 107 Å². The Hall–Kier alpha value is -1.15. The lowest BCUT2D eigenvalue weighted by molar-refractivity contribution is 0.217. The monoisotopic (exact) mass is 274 g/mol. The Kier molecular flexibility index (Phi) is 5.54. The molecule has 6 nitrogen and oxygen atoms in total. The molecular formula is C11H18N2O4S. The van der Waals surface area contributed by atoms with Crippen molar-refractivity contribution in [3.8, 4) is 0 Å². The van der Waals surface area contributed by atoms with E-state index in [1.165, 1.54) is 12.1 Å². The van der Waals surface area contributed by atoms with Crippen molar-refractivity contribution in [3.63, 3.8) is 0 Å². The molecule has 0 saturated heterocycles. The van der Waals surface area contributed by atoms with Crippen LogP contribution in [0.3, 0.4) is 0 Å². The van der Waals surface area contributed by atoms with Crippen LogP contribution in [0.25, 0.3) is 0 Å². The minimum Gasteiger partial charge on any atom is -0.395 e. The van der Waals surface area contributed by atoms with Gasteiger partial charge in [0.2, 0.25) is 10.0 Å². The fraction of sp³-hybridized carbons (Fsp3) is 0.455. The zero-order valence-corrected chi connectivity index (χ0v) is 11.0. The number of sulfonamides is 1. The zero-order valence-electron chi connectivity index (χ0n) is 10.2. The van der Waals surface area contributed by atoms with Crippen LogP contribution in [0.4, 0.5) is 5.69 Å². The van der Waals surface area contributed by atoms with Crippen molar-refractivity contribution in [2.24, 2.45) is 0 Å². The number of anilines is 1. The molecule has 0 fully saturated rings. The summed E-state index contributed by atoms with van der Waals surface area (Å²) < 4.78 is 25.4. The summed E-state index contributed by atoms with van der Waals surface area (Å²) in [5.41, 5.74) is 0.810. The number of hydrogen-bond donors (Lipinski definition) is 3. The van der Waals surface area contributed by atoms with E-state index in [4.69, 9.17) is 10.2 Å². The SMILES string of the molecule is CNc1ccc(S(=O)(=O)N(CCO)CCO)cc1. The number of nitrogens with zero attached hydrogens (tertiary/aromatic N) is 1. The van der Waals surface area contributed by atoms with E-state index in [-0.39, 0.29) is 31.2 Å². The molecule has 0 atom stereocenters. The van der Waals surface area contributed by atoms with Gasteiger partial charge >= 0.3 is 0 Å². The predicted octanol–water partition coefficient (Wildman–Crippen LogP) is -0.296. The maximum absolute atomic E-state index is 12.2. The molecule has 0 radical (unpaired) electrons. The number of benzene rings is 1. The van der Waals surface area contributed by atoms with Gasteiger partial charge in [-0.05, 0) is 24.3 Å². The molecule has 0 aliphatic rings. The van der Waals surface area contributed by atoms with Gasteiger partial charge in [-0.15, -0.1) is 0 Å². The van der Waals surface area contributed by atoms with Crippen molar-refractivity contribution in [2.45, 2.75) is 4.90 Å². The summed E-state index contributed by atoms with van der Waals surface area (Å²) in [5.74, 6) is 0. The van der Waals surface area contributed by atoms with Crippen molar-refractivity contribution in [2.75, 3.05) is 38.7 Å². The summed E-state index contributed by atoms with van der Waals surface area (Å²) >= 11 is 0. The summed E-state index contributed by atoms with van der Waals surface area (Å²) in [5, 5.41) is 20.6. The molecule has 0 unspecified atom stereocenters. The van der Waals surface area contributed by atoms with Crippen molar-refractivity contribution in [3.05, 3.63) is 24.3 Å². The Balaban J connectivity index is 3.01. The van der Waals surface area contributed by atoms with Crippen LogP contribution in [0, 0.1) is 0 Å². The van der Waals surface area contributed by atoms with Gasteiger partial charge in [0.25, 0.3) is 0 Å². The maximum atomic E-state index is 12.2. The van der Waals surface area contributed by atoms with Gasteiger partial charge in [0.05, 0.1) is 18.1 Å². The molecule has 3 N–H and O–H groups in total. The Bertz CT molecular complexity index is 452. The van der Waals surface area contributed by atoms with Crippen LogP contribution >= 0.6 is 0 Å². The molecule has 1 rings (SSSR count). The van der Waals surface area contributed by atoms with E-state index >= 15 is 0 Å². The van der Waals surface area contributed by atoms with E-state index < -0.39 is 10.0 Å². The number of aliphatic hydroxyl groups is 2. The van der Waals surface area contributed by atoms with Crippen LogP contribution in [0.5, 0.6) is 0 Å². The second kappa shape index (κ2) is 6.69. The summed E-state index contributed by atoms with van der Waals surface area (Å²) in [4.78, 5) is 0.142. The smallest absolute Gasteiger partial charge is 0.243 e. The van der Waals surface area contributed by atoms with Gasteiger partial charge in [-0.25, -0.2) is 8.42 Å². The molecule has 0 bridgehead atoms. The first-order chi connectivity index (χ1) is 8.56. The Morgan fingerprint density at radius 2 is 1.61 bits per heavy atom. The molecule has 0 amide bonds. The highest BCUT2D eigenvalue weighted by atomic mass is 32.2. The molecule has 0 heterocycles. The molecule has 0 aromatic heterocycles. The first-order valence-corrected chi connectivity index (χ1v) is 7.00. The van der Waals surface area contributed by atoms with Crippen LogP contribution in [-0.2, 0) is 10.0 Å². The summed E-state index contributed by atoms with van der Waals surface area (Å²) in [7, 11) is -1.92. The fourth-order valence-corrected chi connectivity index (χ4v) is 2.94. The lowest BCUT2D eigenvalue weighted by atomic mass is 10.3. The summed E-state index contributed by atoms with van der Waals surface area (Å²) in [6.07, 6.45) is 0. The van der Waals surface area contributed by atoms with Crippen LogP contribution in [0.1, 0.15) is 0 Å². The minimum atomic E-state index is -3.66. The Morgan fingerprint density at radius 3 is 2.00 bits per heavy atom. The largest absolute Gasteiger partial charge is 0.395 e. The normalized spacial score (nSPS) is 11.8. The third kappa shape index (κ3) is 3.42. The molecule has 0 aliphatic heterocycles. The van der Waals surface area contributed by atoms with E-state index in [2.05, 4.69) is 5.32 Å². The van der Waals surface area contributed by atoms with Gasteiger partial charge < -0.3 is 15.5 Å². The van der Waals surface area contributed by atoms with Gasteiger partial charge in [0.1, 0.15) is 0 Å². The van der Waals surface area contributed by atoms with Gasteiger partial charge in [-0.1, -0.05) is 0 Å². The zero-order chi connectivity index (χ0) is 13.6. The maximum Gasteiger partial charge on any atom is 0.243 e. The fourth-order valence-electron chi connectivity index (χ4n) is 1.52. The third-order valence-electron chi connectivity index (χ3n) is 2.48. The number of nitrogens with one attached hydrogen (secondary N) is 1. The van der Waals surface area contributed by atoms with Crippen molar-refractivity contribution < 1.29 is 18.6 Å². The van der Waals surface area contributed by atoms with Crippen LogP contribution < -0.4 is 5.32 Å². The van der Waals surface area contributed by atoms with E-state index in [9.17, 15) is 8.42 Å². The molecule has 1 aromatic carbocycles. The van der Waals surface area contributed by atoms with Crippen molar-refractivity contribution in [1.29, 1.82) is 0 Å². The van der Waals surface area contributed by atoms with Crippen LogP contribution in [0.2, 0.25) is 0 Å². The van der Waals surface area contributed by atoms with Crippen LogP contribution in [0.15, 0.2) is 29.2 Å². The van der Waals surface area contributed by atoms with Gasteiger partial charge in [0, 0.05) is 25.8 Å². The molecule has 102 valence electrons. The topological polar surface area (TPSA) is 89.9 Å². The number of aliphatic hydroxyl groups excluding tert-OH is 2. The standard InChI is InChI=1S/C11H18N2O4S/c1-12-10-2-4-11(5-3-10)18(16,17)13(6-8-14)7-9-15/h2-5,12,14-15H,6-9H2,1H3. The highest BCUT2D eigenvalue weighted by Crippen LogP contribution is 2.17. The quantitative estimate of drug-likeness (QED) is 0.635. The molecule has 18 heavy (non-hydrogen) atoms. The lowest BCUT2D eigenvalue weighted by Crippen LogP contribution is -2.35. The first kappa shape index (κ1) is 14.9. The van der Waals surface area contributed by atoms with Crippen molar-refractivity contribution in [1.82, 2.24) is 4.31 Å². The number of hydrogen-bond acceptors (Lipinski definition) is 5. The average molecular weight is 274 g/mol. The first-order valence-electron chi connectivity index (χ1n) is 5.56. The summed E-state index contributed by atoms with van der Waals surface area (Å²) in [6.45, 7) is -0.630. The molecular weight excluding hydrogens is 256 g/mol. The van der Waals surface area contributed by atoms with E-state index in [0.29, 0.717) is 0 Å². The summed E-state index contributed by atoms with van der Waals surface area (Å²) in [6, 6.07) is 6.29. The van der Waals surface area contributed by atoms with E-state index in [1.807, 2.05) is 0 Å². The van der Waals surface area contributed by atoms with Gasteiger partial charge in [-0.3, -0.25) is 0 Å². The Morgan fingerprint density at radius 1 is 1.11 bits per heavy atom. The third-order valence-corrected chi connectivity index (χ3v) is 4.39. The highest BCUT2D eigenvalue weighted by Gasteiger charge is 2.23. The number of rotatable bonds is 7. The second-order valence-corrected chi connectivity index (χ2v) is 5.56. The predicted molar refractivity (Wildman–Crippen MR) is 68.9 cm³/mol. The van der Waals surface area contributed by atoms with Crippen LogP contribution in [-0.4, -0.2) is 56.3 Å². The molecule has 0 aliphatic carbocycles. The second-order valence-electron chi connectivity index (χ2n) is 3.63. The molecule has 0 spiro atoms.